The highest BCUT2D eigenvalue weighted by Crippen LogP contribution is 2.34. The minimum atomic E-state index is -0.427. The number of nitrogens with one attached hydrogen (secondary N) is 1. The van der Waals surface area contributed by atoms with Crippen molar-refractivity contribution in [2.45, 2.75) is 45.4 Å². The van der Waals surface area contributed by atoms with Gasteiger partial charge in [0.15, 0.2) is 0 Å². The van der Waals surface area contributed by atoms with E-state index in [0.717, 1.165) is 38.5 Å². The lowest BCUT2D eigenvalue weighted by atomic mass is 9.82. The first-order valence-electron chi connectivity index (χ1n) is 7.62. The molecule has 0 bridgehead atoms. The first-order valence-corrected chi connectivity index (χ1v) is 7.62. The van der Waals surface area contributed by atoms with Gasteiger partial charge in [0.25, 0.3) is 0 Å². The molecule has 3 rings (SSSR count). The van der Waals surface area contributed by atoms with Crippen molar-refractivity contribution in [3.8, 4) is 0 Å². The highest BCUT2D eigenvalue weighted by molar-refractivity contribution is 5.68. The lowest BCUT2D eigenvalue weighted by Crippen LogP contribution is -2.64. The molecule has 1 aromatic rings. The van der Waals surface area contributed by atoms with Crippen LogP contribution in [0.4, 0.5) is 4.79 Å². The normalized spacial score (nSPS) is 26.1. The van der Waals surface area contributed by atoms with Gasteiger partial charge >= 0.3 is 6.09 Å². The smallest absolute Gasteiger partial charge is 0.410 e. The minimum Gasteiger partial charge on any atom is -0.444 e. The highest BCUT2D eigenvalue weighted by Gasteiger charge is 2.44. The molecule has 1 N–H and O–H groups in total. The quantitative estimate of drug-likeness (QED) is 0.903. The number of aromatic amines is 1. The van der Waals surface area contributed by atoms with Gasteiger partial charge in [-0.25, -0.2) is 4.79 Å². The maximum Gasteiger partial charge on any atom is 0.410 e. The van der Waals surface area contributed by atoms with Crippen LogP contribution in [0.1, 0.15) is 32.8 Å². The number of H-pyrrole nitrogens is 1. The molecule has 2 aliphatic rings. The minimum absolute atomic E-state index is 0.184. The van der Waals surface area contributed by atoms with Gasteiger partial charge in [-0.05, 0) is 33.1 Å². The van der Waals surface area contributed by atoms with Crippen molar-refractivity contribution >= 4 is 6.09 Å². The van der Waals surface area contributed by atoms with Gasteiger partial charge < -0.3 is 9.64 Å². The third-order valence-electron chi connectivity index (χ3n) is 4.25. The SMILES string of the molecule is CC(C)(C)OC(=O)N1CC[C@H]2CN(Cc3cn[nH]c3)[C@H]2C1. The molecule has 2 atom stereocenters. The molecule has 6 nitrogen and oxygen atoms in total. The van der Waals surface area contributed by atoms with Crippen molar-refractivity contribution in [1.29, 1.82) is 0 Å². The summed E-state index contributed by atoms with van der Waals surface area (Å²) in [6, 6.07) is 0.459. The second-order valence-corrected chi connectivity index (χ2v) is 7.08. The van der Waals surface area contributed by atoms with Crippen molar-refractivity contribution in [3.05, 3.63) is 18.0 Å². The number of nitrogens with zero attached hydrogens (tertiary/aromatic N) is 3. The predicted molar refractivity (Wildman–Crippen MR) is 78.7 cm³/mol. The second-order valence-electron chi connectivity index (χ2n) is 7.08. The van der Waals surface area contributed by atoms with E-state index >= 15 is 0 Å². The molecule has 116 valence electrons. The van der Waals surface area contributed by atoms with Crippen LogP contribution in [-0.4, -0.2) is 57.4 Å². The van der Waals surface area contributed by atoms with Crippen LogP contribution in [-0.2, 0) is 11.3 Å². The zero-order valence-corrected chi connectivity index (χ0v) is 13.0. The number of fused-ring (bicyclic) bond motifs is 1. The summed E-state index contributed by atoms with van der Waals surface area (Å²) in [5.41, 5.74) is 0.771. The Morgan fingerprint density at radius 1 is 1.48 bits per heavy atom. The fourth-order valence-corrected chi connectivity index (χ4v) is 3.18. The largest absolute Gasteiger partial charge is 0.444 e. The van der Waals surface area contributed by atoms with Gasteiger partial charge in [-0.1, -0.05) is 0 Å². The topological polar surface area (TPSA) is 61.5 Å². The van der Waals surface area contributed by atoms with Crippen molar-refractivity contribution in [2.75, 3.05) is 19.6 Å². The van der Waals surface area contributed by atoms with Crippen molar-refractivity contribution < 1.29 is 9.53 Å². The Balaban J connectivity index is 1.56. The van der Waals surface area contributed by atoms with Crippen LogP contribution in [0.2, 0.25) is 0 Å². The lowest BCUT2D eigenvalue weighted by molar-refractivity contribution is -0.0557. The molecule has 0 spiro atoms. The molecular formula is C15H24N4O2. The first kappa shape index (κ1) is 14.4. The number of ether oxygens (including phenoxy) is 1. The summed E-state index contributed by atoms with van der Waals surface area (Å²) in [5, 5.41) is 6.83. The fourth-order valence-electron chi connectivity index (χ4n) is 3.18. The standard InChI is InChI=1S/C15H24N4O2/c1-15(2,3)21-14(20)18-5-4-12-9-19(13(12)10-18)8-11-6-16-17-7-11/h6-7,12-13H,4-5,8-10H2,1-3H3,(H,16,17)/t12-,13-/m0/s1. The molecule has 1 amide bonds. The number of aromatic nitrogens is 2. The molecule has 3 heterocycles. The summed E-state index contributed by atoms with van der Waals surface area (Å²) in [6.07, 6.45) is 4.69. The van der Waals surface area contributed by atoms with Crippen molar-refractivity contribution in [3.63, 3.8) is 0 Å². The monoisotopic (exact) mass is 292 g/mol. The van der Waals surface area contributed by atoms with E-state index in [1.54, 1.807) is 0 Å². The Hall–Kier alpha value is -1.56. The van der Waals surface area contributed by atoms with Crippen molar-refractivity contribution in [1.82, 2.24) is 20.0 Å². The van der Waals surface area contributed by atoms with Gasteiger partial charge in [-0.15, -0.1) is 0 Å². The van der Waals surface area contributed by atoms with Crippen LogP contribution < -0.4 is 0 Å². The fraction of sp³-hybridized carbons (Fsp3) is 0.733. The molecule has 0 unspecified atom stereocenters. The van der Waals surface area contributed by atoms with E-state index in [1.807, 2.05) is 38.1 Å². The van der Waals surface area contributed by atoms with Gasteiger partial charge in [0.1, 0.15) is 5.60 Å². The van der Waals surface area contributed by atoms with E-state index in [2.05, 4.69) is 15.1 Å². The summed E-state index contributed by atoms with van der Waals surface area (Å²) >= 11 is 0. The Morgan fingerprint density at radius 2 is 2.29 bits per heavy atom. The molecule has 0 radical (unpaired) electrons. The lowest BCUT2D eigenvalue weighted by Gasteiger charge is -2.53. The molecule has 6 heteroatoms. The molecule has 0 aromatic carbocycles. The van der Waals surface area contributed by atoms with E-state index in [-0.39, 0.29) is 6.09 Å². The molecular weight excluding hydrogens is 268 g/mol. The van der Waals surface area contributed by atoms with Crippen molar-refractivity contribution in [2.24, 2.45) is 5.92 Å². The number of hydrogen-bond donors (Lipinski definition) is 1. The zero-order valence-electron chi connectivity index (χ0n) is 13.0. The number of hydrogen-bond acceptors (Lipinski definition) is 4. The van der Waals surface area contributed by atoms with Crippen LogP contribution in [0.3, 0.4) is 0 Å². The maximum absolute atomic E-state index is 12.2. The first-order chi connectivity index (χ1) is 9.92. The molecule has 2 fully saturated rings. The summed E-state index contributed by atoms with van der Waals surface area (Å²) in [4.78, 5) is 16.5. The average molecular weight is 292 g/mol. The Bertz CT molecular complexity index is 494. The predicted octanol–water partition coefficient (Wildman–Crippen LogP) is 1.85. The van der Waals surface area contributed by atoms with Gasteiger partial charge in [0, 0.05) is 44.0 Å². The van der Waals surface area contributed by atoms with E-state index in [1.165, 1.54) is 5.56 Å². The number of likely N-dealkylation sites (tertiary alicyclic amines) is 2. The highest BCUT2D eigenvalue weighted by atomic mass is 16.6. The molecule has 2 aliphatic heterocycles. The van der Waals surface area contributed by atoms with Crippen LogP contribution >= 0.6 is 0 Å². The van der Waals surface area contributed by atoms with Gasteiger partial charge in [-0.3, -0.25) is 10.00 Å². The summed E-state index contributed by atoms with van der Waals surface area (Å²) in [5.74, 6) is 0.718. The number of rotatable bonds is 2. The summed E-state index contributed by atoms with van der Waals surface area (Å²) in [7, 11) is 0. The van der Waals surface area contributed by atoms with E-state index in [0.29, 0.717) is 6.04 Å². The van der Waals surface area contributed by atoms with Gasteiger partial charge in [0.2, 0.25) is 0 Å². The van der Waals surface area contributed by atoms with Crippen LogP contribution in [0, 0.1) is 5.92 Å². The molecule has 0 aliphatic carbocycles. The van der Waals surface area contributed by atoms with Crippen LogP contribution in [0.15, 0.2) is 12.4 Å². The number of amides is 1. The Kier molecular flexibility index (Phi) is 3.65. The number of carbonyl (C=O) groups is 1. The van der Waals surface area contributed by atoms with Gasteiger partial charge in [-0.2, -0.15) is 5.10 Å². The van der Waals surface area contributed by atoms with E-state index < -0.39 is 5.60 Å². The molecule has 1 aromatic heterocycles. The molecule has 0 saturated carbocycles. The number of piperidine rings is 1. The van der Waals surface area contributed by atoms with Gasteiger partial charge in [0.05, 0.1) is 6.20 Å². The molecule has 21 heavy (non-hydrogen) atoms. The average Bonchev–Trinajstić information content (AvgIpc) is 2.86. The third-order valence-corrected chi connectivity index (χ3v) is 4.25. The summed E-state index contributed by atoms with van der Waals surface area (Å²) < 4.78 is 5.48. The Morgan fingerprint density at radius 3 is 2.95 bits per heavy atom. The third kappa shape index (κ3) is 3.20. The summed E-state index contributed by atoms with van der Waals surface area (Å²) in [6.45, 7) is 9.34. The molecule has 2 saturated heterocycles. The van der Waals surface area contributed by atoms with E-state index in [9.17, 15) is 4.79 Å². The zero-order chi connectivity index (χ0) is 15.0. The maximum atomic E-state index is 12.2. The second kappa shape index (κ2) is 5.33. The van der Waals surface area contributed by atoms with Crippen LogP contribution in [0.5, 0.6) is 0 Å². The van der Waals surface area contributed by atoms with E-state index in [4.69, 9.17) is 4.74 Å². The van der Waals surface area contributed by atoms with Crippen LogP contribution in [0.25, 0.3) is 0 Å². The Labute approximate surface area is 125 Å². The number of carbonyl (C=O) groups excluding carboxylic acids is 1.